The summed E-state index contributed by atoms with van der Waals surface area (Å²) in [4.78, 5) is 5.03. The third kappa shape index (κ3) is 3.73. The van der Waals surface area contributed by atoms with E-state index in [2.05, 4.69) is 171 Å². The molecule has 0 radical (unpaired) electrons. The molecule has 0 aliphatic heterocycles. The van der Waals surface area contributed by atoms with E-state index < -0.39 is 0 Å². The van der Waals surface area contributed by atoms with Gasteiger partial charge >= 0.3 is 0 Å². The predicted octanol–water partition coefficient (Wildman–Crippen LogP) is 12.3. The van der Waals surface area contributed by atoms with Gasteiger partial charge in [-0.1, -0.05) is 72.8 Å². The lowest BCUT2D eigenvalue weighted by Gasteiger charge is -2.12. The maximum atomic E-state index is 5.03. The van der Waals surface area contributed by atoms with Gasteiger partial charge < -0.3 is 9.13 Å². The van der Waals surface area contributed by atoms with Crippen LogP contribution in [0.1, 0.15) is 11.3 Å². The summed E-state index contributed by atoms with van der Waals surface area (Å²) in [6.45, 7) is 0. The van der Waals surface area contributed by atoms with Gasteiger partial charge in [0.05, 0.1) is 38.0 Å². The molecule has 0 saturated carbocycles. The lowest BCUT2D eigenvalue weighted by molar-refractivity contribution is 1.08. The van der Waals surface area contributed by atoms with Crippen molar-refractivity contribution in [1.82, 2.24) is 18.7 Å². The highest BCUT2D eigenvalue weighted by Gasteiger charge is 2.21. The van der Waals surface area contributed by atoms with Crippen molar-refractivity contribution in [3.8, 4) is 17.2 Å². The van der Waals surface area contributed by atoms with Crippen molar-refractivity contribution >= 4 is 92.1 Å². The van der Waals surface area contributed by atoms with Gasteiger partial charge in [-0.2, -0.15) is 0 Å². The van der Waals surface area contributed by atoms with Crippen molar-refractivity contribution in [3.05, 3.63) is 169 Å². The number of thiophene rings is 1. The smallest absolute Gasteiger partial charge is 0.155 e. The number of pyridine rings is 1. The lowest BCUT2D eigenvalue weighted by atomic mass is 10.0. The zero-order valence-electron chi connectivity index (χ0n) is 27.9. The Balaban J connectivity index is 1.07. The first-order chi connectivity index (χ1) is 25.8. The van der Waals surface area contributed by atoms with Crippen LogP contribution >= 0.6 is 11.3 Å². The van der Waals surface area contributed by atoms with Crippen LogP contribution in [-0.4, -0.2) is 18.7 Å². The van der Waals surface area contributed by atoms with Crippen LogP contribution in [0.15, 0.2) is 158 Å². The van der Waals surface area contributed by atoms with Gasteiger partial charge in [-0.15, -0.1) is 17.1 Å². The fourth-order valence-electron chi connectivity index (χ4n) is 8.77. The van der Waals surface area contributed by atoms with Crippen LogP contribution in [0.4, 0.5) is 0 Å². The van der Waals surface area contributed by atoms with E-state index >= 15 is 0 Å². The Kier molecular flexibility index (Phi) is 5.64. The maximum Gasteiger partial charge on any atom is 0.155 e. The fourth-order valence-corrected chi connectivity index (χ4v) is 9.93. The quantitative estimate of drug-likeness (QED) is 0.171. The molecule has 5 aromatic heterocycles. The zero-order chi connectivity index (χ0) is 33.9. The second kappa shape index (κ2) is 10.4. The molecule has 0 N–H and O–H groups in total. The van der Waals surface area contributed by atoms with E-state index in [4.69, 9.17) is 4.98 Å². The van der Waals surface area contributed by atoms with Gasteiger partial charge in [0.1, 0.15) is 0 Å². The zero-order valence-corrected chi connectivity index (χ0v) is 28.7. The van der Waals surface area contributed by atoms with Gasteiger partial charge in [0.2, 0.25) is 0 Å². The molecule has 0 saturated heterocycles. The number of fused-ring (bicyclic) bond motifs is 12. The molecule has 6 aromatic carbocycles. The highest BCUT2D eigenvalue weighted by atomic mass is 32.1. The molecule has 11 aromatic rings. The molecule has 0 amide bonds. The molecule has 5 heterocycles. The average molecular weight is 681 g/mol. The van der Waals surface area contributed by atoms with E-state index in [1.807, 2.05) is 17.5 Å². The van der Waals surface area contributed by atoms with E-state index in [0.29, 0.717) is 0 Å². The van der Waals surface area contributed by atoms with Crippen molar-refractivity contribution in [1.29, 1.82) is 0 Å². The first-order valence-corrected chi connectivity index (χ1v) is 18.5. The molecule has 52 heavy (non-hydrogen) atoms. The van der Waals surface area contributed by atoms with Gasteiger partial charge in [0.15, 0.2) is 5.82 Å². The van der Waals surface area contributed by atoms with Gasteiger partial charge in [-0.3, -0.25) is 4.57 Å². The summed E-state index contributed by atoms with van der Waals surface area (Å²) in [5.41, 5.74) is 14.2. The Hall–Kier alpha value is -6.65. The van der Waals surface area contributed by atoms with Crippen molar-refractivity contribution in [2.45, 2.75) is 6.42 Å². The van der Waals surface area contributed by atoms with Crippen LogP contribution in [0.3, 0.4) is 0 Å². The van der Waals surface area contributed by atoms with Crippen LogP contribution in [-0.2, 0) is 6.42 Å². The van der Waals surface area contributed by atoms with Crippen LogP contribution in [0, 0.1) is 0 Å². The van der Waals surface area contributed by atoms with Gasteiger partial charge in [-0.05, 0) is 78.4 Å². The van der Waals surface area contributed by atoms with Crippen LogP contribution in [0.25, 0.3) is 98.0 Å². The Bertz CT molecular complexity index is 3320. The van der Waals surface area contributed by atoms with Crippen LogP contribution in [0.5, 0.6) is 0 Å². The number of rotatable bonds is 3. The normalized spacial score (nSPS) is 12.8. The largest absolute Gasteiger partial charge is 0.309 e. The van der Waals surface area contributed by atoms with Gasteiger partial charge in [-0.25, -0.2) is 4.98 Å². The van der Waals surface area contributed by atoms with Crippen molar-refractivity contribution < 1.29 is 0 Å². The molecule has 0 atom stereocenters. The number of allylic oxidation sites excluding steroid dienone is 1. The molecule has 0 spiro atoms. The van der Waals surface area contributed by atoms with E-state index in [9.17, 15) is 0 Å². The standard InChI is InChI=1S/C47H28N4S/c1-6-16-39-31(11-1)32-12-2-7-17-40(32)49(39)29-21-23-44-37(27-29)35-15-5-8-18-41(35)50(44)30-22-24-45-38(28-30)36-25-26-48-47(46(36)52-45)51-42-19-9-3-13-33(42)34-14-4-10-20-43(34)51/h1-6,8-11,13-28H,12H2. The minimum Gasteiger partial charge on any atom is -0.309 e. The molecular weight excluding hydrogens is 653 g/mol. The van der Waals surface area contributed by atoms with Crippen molar-refractivity contribution in [3.63, 3.8) is 0 Å². The third-order valence-electron chi connectivity index (χ3n) is 11.0. The summed E-state index contributed by atoms with van der Waals surface area (Å²) < 4.78 is 9.62. The number of nitrogens with zero attached hydrogens (tertiary/aromatic N) is 4. The molecule has 0 unspecified atom stereocenters. The predicted molar refractivity (Wildman–Crippen MR) is 219 cm³/mol. The summed E-state index contributed by atoms with van der Waals surface area (Å²) in [7, 11) is 0. The molecular formula is C47H28N4S. The second-order valence-electron chi connectivity index (χ2n) is 13.7. The minimum atomic E-state index is 0.900. The monoisotopic (exact) mass is 680 g/mol. The molecule has 12 rings (SSSR count). The summed E-state index contributed by atoms with van der Waals surface area (Å²) in [6.07, 6.45) is 7.13. The van der Waals surface area contributed by atoms with Gasteiger partial charge in [0, 0.05) is 72.5 Å². The van der Waals surface area contributed by atoms with E-state index in [-0.39, 0.29) is 0 Å². The fraction of sp³-hybridized carbons (Fsp3) is 0.0213. The maximum absolute atomic E-state index is 5.03. The Labute approximate surface area is 302 Å². The Morgan fingerprint density at radius 1 is 0.500 bits per heavy atom. The van der Waals surface area contributed by atoms with E-state index in [1.165, 1.54) is 85.9 Å². The number of hydrogen-bond donors (Lipinski definition) is 0. The molecule has 1 aliphatic rings. The second-order valence-corrected chi connectivity index (χ2v) is 14.7. The highest BCUT2D eigenvalue weighted by molar-refractivity contribution is 7.26. The minimum absolute atomic E-state index is 0.900. The van der Waals surface area contributed by atoms with Crippen molar-refractivity contribution in [2.24, 2.45) is 0 Å². The van der Waals surface area contributed by atoms with Crippen LogP contribution < -0.4 is 0 Å². The van der Waals surface area contributed by atoms with Crippen LogP contribution in [0.2, 0.25) is 0 Å². The number of aromatic nitrogens is 4. The SMILES string of the molecule is C1=CCc2c(n(-c3ccc4c(c3)c3ccccc3n4-c3ccc4sc5c(-n6c7ccccc7c7ccccc76)nccc5c4c3)c3ccccc23)C=1. The summed E-state index contributed by atoms with van der Waals surface area (Å²) in [6, 6.07) is 50.9. The summed E-state index contributed by atoms with van der Waals surface area (Å²) >= 11 is 1.82. The van der Waals surface area contributed by atoms with Crippen molar-refractivity contribution in [2.75, 3.05) is 0 Å². The van der Waals surface area contributed by atoms with Gasteiger partial charge in [0.25, 0.3) is 0 Å². The molecule has 5 heteroatoms. The summed E-state index contributed by atoms with van der Waals surface area (Å²) in [5, 5.41) is 8.75. The topological polar surface area (TPSA) is 27.7 Å². The summed E-state index contributed by atoms with van der Waals surface area (Å²) in [5.74, 6) is 0.979. The number of hydrogen-bond acceptors (Lipinski definition) is 2. The Morgan fingerprint density at radius 2 is 1.08 bits per heavy atom. The third-order valence-corrected chi connectivity index (χ3v) is 12.2. The average Bonchev–Trinajstić information content (AvgIpc) is 3.94. The Morgan fingerprint density at radius 3 is 1.83 bits per heavy atom. The first kappa shape index (κ1) is 28.1. The molecule has 4 nitrogen and oxygen atoms in total. The lowest BCUT2D eigenvalue weighted by Crippen LogP contribution is -1.99. The van der Waals surface area contributed by atoms with E-state index in [1.54, 1.807) is 0 Å². The van der Waals surface area contributed by atoms with E-state index in [0.717, 1.165) is 23.6 Å². The molecule has 242 valence electrons. The highest BCUT2D eigenvalue weighted by Crippen LogP contribution is 2.42. The number of benzene rings is 6. The molecule has 0 bridgehead atoms. The number of para-hydroxylation sites is 4. The molecule has 0 fully saturated rings. The first-order valence-electron chi connectivity index (χ1n) is 17.7. The molecule has 1 aliphatic carbocycles.